The zero-order valence-corrected chi connectivity index (χ0v) is 17.7. The van der Waals surface area contributed by atoms with Gasteiger partial charge in [-0.05, 0) is 42.0 Å². The number of nitrogens with one attached hydrogen (secondary N) is 1. The van der Waals surface area contributed by atoms with Crippen molar-refractivity contribution >= 4 is 21.9 Å². The van der Waals surface area contributed by atoms with Crippen molar-refractivity contribution < 1.29 is 32.6 Å². The van der Waals surface area contributed by atoms with Crippen LogP contribution in [0.25, 0.3) is 0 Å². The quantitative estimate of drug-likeness (QED) is 0.506. The van der Waals surface area contributed by atoms with Gasteiger partial charge in [0, 0.05) is 0 Å². The molecule has 0 saturated heterocycles. The number of rotatable bonds is 9. The van der Waals surface area contributed by atoms with Crippen molar-refractivity contribution in [3.05, 3.63) is 90.5 Å². The van der Waals surface area contributed by atoms with Crippen LogP contribution in [0.5, 0.6) is 11.5 Å². The van der Waals surface area contributed by atoms with Gasteiger partial charge < -0.3 is 19.9 Å². The summed E-state index contributed by atoms with van der Waals surface area (Å²) >= 11 is 0. The fourth-order valence-electron chi connectivity index (χ4n) is 2.74. The Hall–Kier alpha value is -3.85. The van der Waals surface area contributed by atoms with Gasteiger partial charge in [-0.1, -0.05) is 48.5 Å². The fourth-order valence-corrected chi connectivity index (χ4v) is 4.14. The first-order chi connectivity index (χ1) is 15.3. The second-order valence-corrected chi connectivity index (χ2v) is 8.80. The van der Waals surface area contributed by atoms with E-state index in [2.05, 4.69) is 5.32 Å². The highest BCUT2D eigenvalue weighted by molar-refractivity contribution is 7.91. The van der Waals surface area contributed by atoms with Crippen molar-refractivity contribution in [2.24, 2.45) is 0 Å². The molecule has 3 aromatic rings. The van der Waals surface area contributed by atoms with Crippen molar-refractivity contribution in [3.63, 3.8) is 0 Å². The molecule has 0 heterocycles. The average Bonchev–Trinajstić information content (AvgIpc) is 2.79. The first-order valence-electron chi connectivity index (χ1n) is 9.59. The summed E-state index contributed by atoms with van der Waals surface area (Å²) in [6, 6.07) is 21.7. The lowest BCUT2D eigenvalue weighted by Gasteiger charge is -2.15. The molecule has 0 bridgehead atoms. The Morgan fingerprint density at radius 2 is 1.41 bits per heavy atom. The van der Waals surface area contributed by atoms with Gasteiger partial charge in [0.1, 0.15) is 24.1 Å². The maximum atomic E-state index is 12.7. The molecule has 3 rings (SSSR count). The number of hydrogen-bond acceptors (Lipinski definition) is 6. The van der Waals surface area contributed by atoms with E-state index >= 15 is 0 Å². The standard InChI is InChI=1S/C23H21NO7S/c25-22(26)21(24-23(27)30-15-17-7-3-1-4-8-17)16-32(28,29)20-13-11-19(12-14-20)31-18-9-5-2-6-10-18/h1-14,21H,15-16H2,(H,24,27)(H,25,26). The summed E-state index contributed by atoms with van der Waals surface area (Å²) in [5.41, 5.74) is 0.708. The highest BCUT2D eigenvalue weighted by Crippen LogP contribution is 2.23. The van der Waals surface area contributed by atoms with E-state index in [1.807, 2.05) is 6.07 Å². The molecule has 0 saturated carbocycles. The molecule has 0 spiro atoms. The third kappa shape index (κ3) is 6.58. The first-order valence-corrected chi connectivity index (χ1v) is 11.2. The molecule has 1 amide bonds. The molecule has 0 aromatic heterocycles. The van der Waals surface area contributed by atoms with E-state index in [-0.39, 0.29) is 11.5 Å². The molecule has 2 N–H and O–H groups in total. The number of benzene rings is 3. The minimum Gasteiger partial charge on any atom is -0.480 e. The Labute approximate surface area is 185 Å². The van der Waals surface area contributed by atoms with E-state index in [0.29, 0.717) is 17.1 Å². The summed E-state index contributed by atoms with van der Waals surface area (Å²) in [5.74, 6) is -1.31. The number of ether oxygens (including phenoxy) is 2. The summed E-state index contributed by atoms with van der Waals surface area (Å²) in [7, 11) is -4.01. The number of sulfone groups is 1. The lowest BCUT2D eigenvalue weighted by atomic mass is 10.2. The van der Waals surface area contributed by atoms with Crippen LogP contribution in [-0.4, -0.2) is 37.4 Å². The van der Waals surface area contributed by atoms with E-state index < -0.39 is 33.7 Å². The minimum absolute atomic E-state index is 0.0748. The summed E-state index contributed by atoms with van der Waals surface area (Å²) in [6.07, 6.45) is -1.02. The van der Waals surface area contributed by atoms with Gasteiger partial charge in [0.2, 0.25) is 0 Å². The van der Waals surface area contributed by atoms with Gasteiger partial charge in [-0.25, -0.2) is 18.0 Å². The molecule has 0 aliphatic rings. The van der Waals surface area contributed by atoms with Crippen LogP contribution in [0.2, 0.25) is 0 Å². The molecular weight excluding hydrogens is 434 g/mol. The van der Waals surface area contributed by atoms with Crippen LogP contribution >= 0.6 is 0 Å². The molecule has 3 aromatic carbocycles. The second-order valence-electron chi connectivity index (χ2n) is 6.76. The van der Waals surface area contributed by atoms with Crippen LogP contribution in [0.15, 0.2) is 89.8 Å². The molecule has 0 radical (unpaired) electrons. The van der Waals surface area contributed by atoms with Crippen molar-refractivity contribution in [1.29, 1.82) is 0 Å². The van der Waals surface area contributed by atoms with Crippen LogP contribution in [-0.2, 0) is 26.0 Å². The molecule has 1 unspecified atom stereocenters. The molecule has 0 aliphatic carbocycles. The Kier molecular flexibility index (Phi) is 7.45. The fraction of sp³-hybridized carbons (Fsp3) is 0.130. The third-order valence-corrected chi connectivity index (χ3v) is 6.11. The molecule has 9 heteroatoms. The molecule has 1 atom stereocenters. The van der Waals surface area contributed by atoms with Gasteiger partial charge in [0.15, 0.2) is 9.84 Å². The number of carbonyl (C=O) groups excluding carboxylic acids is 1. The van der Waals surface area contributed by atoms with Crippen molar-refractivity contribution in [1.82, 2.24) is 5.32 Å². The monoisotopic (exact) mass is 455 g/mol. The van der Waals surface area contributed by atoms with E-state index in [1.165, 1.54) is 24.3 Å². The number of amides is 1. The van der Waals surface area contributed by atoms with Crippen LogP contribution in [0.1, 0.15) is 5.56 Å². The van der Waals surface area contributed by atoms with Crippen LogP contribution in [0.4, 0.5) is 4.79 Å². The number of carbonyl (C=O) groups is 2. The maximum Gasteiger partial charge on any atom is 0.408 e. The number of carboxylic acid groups (broad SMARTS) is 1. The maximum absolute atomic E-state index is 12.7. The molecule has 166 valence electrons. The van der Waals surface area contributed by atoms with Crippen molar-refractivity contribution in [3.8, 4) is 11.5 Å². The number of alkyl carbamates (subject to hydrolysis) is 1. The van der Waals surface area contributed by atoms with Crippen molar-refractivity contribution in [2.45, 2.75) is 17.5 Å². The SMILES string of the molecule is O=C(NC(CS(=O)(=O)c1ccc(Oc2ccccc2)cc1)C(=O)O)OCc1ccccc1. The Morgan fingerprint density at radius 1 is 0.844 bits per heavy atom. The molecular formula is C23H21NO7S. The van der Waals surface area contributed by atoms with Gasteiger partial charge in [0.25, 0.3) is 0 Å². The topological polar surface area (TPSA) is 119 Å². The number of aliphatic carboxylic acids is 1. The number of hydrogen-bond donors (Lipinski definition) is 2. The average molecular weight is 455 g/mol. The lowest BCUT2D eigenvalue weighted by Crippen LogP contribution is -2.45. The Balaban J connectivity index is 1.61. The van der Waals surface area contributed by atoms with Crippen LogP contribution in [0.3, 0.4) is 0 Å². The van der Waals surface area contributed by atoms with E-state index in [4.69, 9.17) is 9.47 Å². The Morgan fingerprint density at radius 3 is 2.00 bits per heavy atom. The normalized spacial score (nSPS) is 11.9. The molecule has 32 heavy (non-hydrogen) atoms. The zero-order valence-electron chi connectivity index (χ0n) is 16.9. The number of carboxylic acids is 1. The molecule has 0 fully saturated rings. The summed E-state index contributed by atoms with van der Waals surface area (Å²) in [6.45, 7) is -0.0748. The highest BCUT2D eigenvalue weighted by Gasteiger charge is 2.28. The van der Waals surface area contributed by atoms with Gasteiger partial charge in [0.05, 0.1) is 10.6 Å². The van der Waals surface area contributed by atoms with Crippen LogP contribution in [0, 0.1) is 0 Å². The predicted molar refractivity (Wildman–Crippen MR) is 116 cm³/mol. The minimum atomic E-state index is -4.01. The van der Waals surface area contributed by atoms with Gasteiger partial charge in [-0.2, -0.15) is 0 Å². The van der Waals surface area contributed by atoms with E-state index in [9.17, 15) is 23.1 Å². The van der Waals surface area contributed by atoms with E-state index in [1.54, 1.807) is 54.6 Å². The smallest absolute Gasteiger partial charge is 0.408 e. The highest BCUT2D eigenvalue weighted by atomic mass is 32.2. The first kappa shape index (κ1) is 22.8. The summed E-state index contributed by atoms with van der Waals surface area (Å²) < 4.78 is 36.0. The van der Waals surface area contributed by atoms with Gasteiger partial charge >= 0.3 is 12.1 Å². The second kappa shape index (κ2) is 10.5. The summed E-state index contributed by atoms with van der Waals surface area (Å²) in [4.78, 5) is 23.4. The zero-order chi connectivity index (χ0) is 23.0. The molecule has 8 nitrogen and oxygen atoms in total. The number of para-hydroxylation sites is 1. The van der Waals surface area contributed by atoms with E-state index in [0.717, 1.165) is 0 Å². The summed E-state index contributed by atoms with van der Waals surface area (Å²) in [5, 5.41) is 11.5. The predicted octanol–water partition coefficient (Wildman–Crippen LogP) is 3.63. The van der Waals surface area contributed by atoms with Gasteiger partial charge in [-0.15, -0.1) is 0 Å². The molecule has 0 aliphatic heterocycles. The van der Waals surface area contributed by atoms with Crippen molar-refractivity contribution in [2.75, 3.05) is 5.75 Å². The lowest BCUT2D eigenvalue weighted by molar-refractivity contribution is -0.138. The van der Waals surface area contributed by atoms with Crippen LogP contribution < -0.4 is 10.1 Å². The van der Waals surface area contributed by atoms with Gasteiger partial charge in [-0.3, -0.25) is 0 Å². The Bertz CT molecular complexity index is 1150. The third-order valence-electron chi connectivity index (χ3n) is 4.35. The largest absolute Gasteiger partial charge is 0.480 e.